The maximum Gasteiger partial charge on any atom is 0.329 e. The highest BCUT2D eigenvalue weighted by molar-refractivity contribution is 6.09. The predicted molar refractivity (Wildman–Crippen MR) is 153 cm³/mol. The Morgan fingerprint density at radius 2 is 1.95 bits per heavy atom. The molecule has 3 aromatic heterocycles. The number of imidazole rings is 1. The van der Waals surface area contributed by atoms with Crippen LogP contribution in [0.3, 0.4) is 0 Å². The Hall–Kier alpha value is -3.56. The van der Waals surface area contributed by atoms with Gasteiger partial charge in [0.15, 0.2) is 0 Å². The van der Waals surface area contributed by atoms with Crippen LogP contribution in [0, 0.1) is 11.7 Å². The van der Waals surface area contributed by atoms with E-state index in [0.717, 1.165) is 18.7 Å². The van der Waals surface area contributed by atoms with Gasteiger partial charge in [-0.15, -0.1) is 0 Å². The molecule has 4 aromatic rings. The number of hydrogen-bond donors (Lipinski definition) is 0. The van der Waals surface area contributed by atoms with Crippen LogP contribution >= 0.6 is 0 Å². The van der Waals surface area contributed by atoms with Gasteiger partial charge in [0.05, 0.1) is 52.6 Å². The van der Waals surface area contributed by atoms with Crippen molar-refractivity contribution < 1.29 is 13.9 Å². The average Bonchev–Trinajstić information content (AvgIpc) is 3.10. The molecule has 0 amide bonds. The Labute approximate surface area is 232 Å². The zero-order valence-corrected chi connectivity index (χ0v) is 23.0. The van der Waals surface area contributed by atoms with Gasteiger partial charge >= 0.3 is 5.69 Å². The van der Waals surface area contributed by atoms with Gasteiger partial charge in [-0.2, -0.15) is 0 Å². The molecule has 0 saturated carbocycles. The topological polar surface area (TPSA) is 74.4 Å². The van der Waals surface area contributed by atoms with E-state index >= 15 is 4.39 Å². The zero-order chi connectivity index (χ0) is 27.4. The van der Waals surface area contributed by atoms with E-state index in [0.29, 0.717) is 57.9 Å². The van der Waals surface area contributed by atoms with Crippen LogP contribution in [0.25, 0.3) is 39.1 Å². The monoisotopic (exact) mass is 543 g/mol. The maximum atomic E-state index is 15.7. The first-order valence-electron chi connectivity index (χ1n) is 14.3. The lowest BCUT2D eigenvalue weighted by Crippen LogP contribution is -2.58. The van der Waals surface area contributed by atoms with Crippen molar-refractivity contribution in [3.63, 3.8) is 0 Å². The Morgan fingerprint density at radius 3 is 2.67 bits per heavy atom. The molecule has 2 fully saturated rings. The number of halogens is 1. The number of aromatic nitrogens is 4. The minimum absolute atomic E-state index is 0.155. The van der Waals surface area contributed by atoms with E-state index in [4.69, 9.17) is 9.47 Å². The van der Waals surface area contributed by atoms with Crippen LogP contribution in [0.1, 0.15) is 38.3 Å². The minimum atomic E-state index is -0.630. The number of hydrogen-bond acceptors (Lipinski definition) is 6. The molecule has 1 aromatic carbocycles. The van der Waals surface area contributed by atoms with Crippen LogP contribution in [-0.4, -0.2) is 63.5 Å². The quantitative estimate of drug-likeness (QED) is 0.350. The summed E-state index contributed by atoms with van der Waals surface area (Å²) in [5, 5.41) is 0.641. The number of ether oxygens (including phenoxy) is 2. The van der Waals surface area contributed by atoms with Crippen molar-refractivity contribution >= 4 is 28.0 Å². The van der Waals surface area contributed by atoms with Crippen LogP contribution in [-0.2, 0) is 17.3 Å². The second kappa shape index (κ2) is 9.82. The molecule has 7 rings (SSSR count). The lowest BCUT2D eigenvalue weighted by atomic mass is 9.98. The third-order valence-corrected chi connectivity index (χ3v) is 8.80. The van der Waals surface area contributed by atoms with E-state index < -0.39 is 11.4 Å². The van der Waals surface area contributed by atoms with Crippen LogP contribution in [0.15, 0.2) is 41.5 Å². The molecule has 3 aliphatic heterocycles. The Balaban J connectivity index is 1.22. The standard InChI is InChI=1S/C31H34FN5O3/c1-20(10-13-36-11-4-3-5-12-36)6-8-22-9-7-21(15-33-22)26-23(32)14-24-27-28-25(16-34-24)35(2)30(38)37(28)31(17-39-18-31)19-40-29(26)27/h6-9,14-16,20H,3-5,10-13,17-19H2,1-2H3/b8-6+. The van der Waals surface area contributed by atoms with Crippen molar-refractivity contribution in [2.45, 2.75) is 38.1 Å². The molecular weight excluding hydrogens is 509 g/mol. The fraction of sp³-hybridized carbons (Fsp3) is 0.452. The third kappa shape index (κ3) is 4.06. The molecule has 2 saturated heterocycles. The first-order valence-corrected chi connectivity index (χ1v) is 14.3. The maximum absolute atomic E-state index is 15.7. The summed E-state index contributed by atoms with van der Waals surface area (Å²) >= 11 is 0. The van der Waals surface area contributed by atoms with Gasteiger partial charge in [-0.3, -0.25) is 19.1 Å². The van der Waals surface area contributed by atoms with E-state index in [1.165, 1.54) is 38.4 Å². The third-order valence-electron chi connectivity index (χ3n) is 8.80. The van der Waals surface area contributed by atoms with Gasteiger partial charge in [0.1, 0.15) is 23.7 Å². The van der Waals surface area contributed by atoms with Crippen molar-refractivity contribution in [3.8, 4) is 16.9 Å². The first kappa shape index (κ1) is 25.4. The number of aryl methyl sites for hydroxylation is 1. The Morgan fingerprint density at radius 1 is 1.12 bits per heavy atom. The first-order chi connectivity index (χ1) is 19.4. The van der Waals surface area contributed by atoms with Crippen LogP contribution in [0.2, 0.25) is 0 Å². The van der Waals surface area contributed by atoms with Crippen molar-refractivity contribution in [3.05, 3.63) is 58.7 Å². The lowest BCUT2D eigenvalue weighted by Gasteiger charge is -2.40. The summed E-state index contributed by atoms with van der Waals surface area (Å²) in [6.07, 6.45) is 12.7. The van der Waals surface area contributed by atoms with Gasteiger partial charge in [0, 0.05) is 24.9 Å². The average molecular weight is 544 g/mol. The molecule has 1 unspecified atom stereocenters. The molecule has 1 spiro atoms. The second-order valence-electron chi connectivity index (χ2n) is 11.6. The number of likely N-dealkylation sites (tertiary alicyclic amines) is 1. The smallest absolute Gasteiger partial charge is 0.329 e. The van der Waals surface area contributed by atoms with Gasteiger partial charge in [-0.25, -0.2) is 9.18 Å². The molecule has 9 heteroatoms. The normalized spacial score (nSPS) is 19.4. The predicted octanol–water partition coefficient (Wildman–Crippen LogP) is 4.73. The molecule has 6 heterocycles. The van der Waals surface area contributed by atoms with Crippen LogP contribution in [0.4, 0.5) is 4.39 Å². The number of pyridine rings is 2. The molecule has 208 valence electrons. The summed E-state index contributed by atoms with van der Waals surface area (Å²) in [5.74, 6) is 0.410. The van der Waals surface area contributed by atoms with Crippen LogP contribution in [0.5, 0.6) is 5.75 Å². The number of nitrogens with zero attached hydrogens (tertiary/aromatic N) is 5. The fourth-order valence-electron chi connectivity index (χ4n) is 6.34. The van der Waals surface area contributed by atoms with E-state index in [1.54, 1.807) is 28.6 Å². The van der Waals surface area contributed by atoms with E-state index in [-0.39, 0.29) is 12.3 Å². The molecule has 1 atom stereocenters. The summed E-state index contributed by atoms with van der Waals surface area (Å²) in [6.45, 7) is 6.73. The summed E-state index contributed by atoms with van der Waals surface area (Å²) in [4.78, 5) is 25.0. The SMILES string of the molecule is CC(/C=C/c1ccc(-c2c(F)cc3ncc4c5c3c2OCC2(COC2)n5c(=O)n4C)cn1)CCN1CCCCC1. The second-order valence-corrected chi connectivity index (χ2v) is 11.6. The van der Waals surface area contributed by atoms with Gasteiger partial charge < -0.3 is 14.4 Å². The van der Waals surface area contributed by atoms with E-state index in [9.17, 15) is 4.79 Å². The van der Waals surface area contributed by atoms with Gasteiger partial charge in [-0.1, -0.05) is 25.5 Å². The highest BCUT2D eigenvalue weighted by Crippen LogP contribution is 2.45. The molecule has 0 radical (unpaired) electrons. The van der Waals surface area contributed by atoms with Crippen molar-refractivity contribution in [1.82, 2.24) is 24.0 Å². The highest BCUT2D eigenvalue weighted by atomic mass is 19.1. The minimum Gasteiger partial charge on any atom is -0.489 e. The Bertz CT molecular complexity index is 1680. The number of allylic oxidation sites excluding steroid dienone is 1. The highest BCUT2D eigenvalue weighted by Gasteiger charge is 2.46. The molecule has 0 N–H and O–H groups in total. The zero-order valence-electron chi connectivity index (χ0n) is 23.0. The van der Waals surface area contributed by atoms with Gasteiger partial charge in [0.25, 0.3) is 0 Å². The molecule has 0 aliphatic carbocycles. The molecule has 40 heavy (non-hydrogen) atoms. The number of piperidine rings is 1. The summed E-state index contributed by atoms with van der Waals surface area (Å²) in [5.41, 5.74) is 2.83. The number of benzene rings is 1. The fourth-order valence-corrected chi connectivity index (χ4v) is 6.34. The number of rotatable bonds is 6. The van der Waals surface area contributed by atoms with Crippen molar-refractivity contribution in [2.75, 3.05) is 39.5 Å². The lowest BCUT2D eigenvalue weighted by molar-refractivity contribution is -0.118. The van der Waals surface area contributed by atoms with Gasteiger partial charge in [-0.05, 0) is 57.0 Å². The van der Waals surface area contributed by atoms with Gasteiger partial charge in [0.2, 0.25) is 0 Å². The summed E-state index contributed by atoms with van der Waals surface area (Å²) < 4.78 is 31.0. The molecule has 8 nitrogen and oxygen atoms in total. The summed E-state index contributed by atoms with van der Waals surface area (Å²) in [7, 11) is 1.74. The van der Waals surface area contributed by atoms with Crippen molar-refractivity contribution in [1.29, 1.82) is 0 Å². The number of fused-ring (bicyclic) bond motifs is 1. The summed E-state index contributed by atoms with van der Waals surface area (Å²) in [6, 6.07) is 5.22. The van der Waals surface area contributed by atoms with Crippen LogP contribution < -0.4 is 10.4 Å². The molecular formula is C31H34FN5O3. The van der Waals surface area contributed by atoms with E-state index in [2.05, 4.69) is 27.9 Å². The Kier molecular flexibility index (Phi) is 6.24. The largest absolute Gasteiger partial charge is 0.489 e. The molecule has 0 bridgehead atoms. The molecule has 3 aliphatic rings. The van der Waals surface area contributed by atoms with E-state index in [1.807, 2.05) is 18.2 Å². The van der Waals surface area contributed by atoms with Crippen molar-refractivity contribution in [2.24, 2.45) is 13.0 Å².